The van der Waals surface area contributed by atoms with Gasteiger partial charge in [-0.05, 0) is 74.0 Å². The largest absolute Gasteiger partial charge is 0.461 e. The zero-order valence-corrected chi connectivity index (χ0v) is 24.4. The van der Waals surface area contributed by atoms with E-state index < -0.39 is 0 Å². The monoisotopic (exact) mass is 593 g/mol. The molecule has 3 aromatic carbocycles. The minimum atomic E-state index is 0.0322. The van der Waals surface area contributed by atoms with Gasteiger partial charge in [0.2, 0.25) is 0 Å². The molecule has 206 valence electrons. The maximum Gasteiger partial charge on any atom is 0.254 e. The Hall–Kier alpha value is -3.30. The van der Waals surface area contributed by atoms with Crippen molar-refractivity contribution in [2.24, 2.45) is 0 Å². The Bertz CT molecular complexity index is 1710. The van der Waals surface area contributed by atoms with Crippen LogP contribution in [0, 0.1) is 6.92 Å². The highest BCUT2D eigenvalue weighted by Gasteiger charge is 2.24. The van der Waals surface area contributed by atoms with Gasteiger partial charge in [0.1, 0.15) is 11.3 Å². The summed E-state index contributed by atoms with van der Waals surface area (Å²) in [7, 11) is 0. The number of amides is 1. The second-order valence-electron chi connectivity index (χ2n) is 10.0. The summed E-state index contributed by atoms with van der Waals surface area (Å²) in [6, 6.07) is 17.5. The molecule has 0 bridgehead atoms. The predicted octanol–water partition coefficient (Wildman–Crippen LogP) is 6.53. The van der Waals surface area contributed by atoms with Crippen molar-refractivity contribution in [3.63, 3.8) is 0 Å². The molecule has 1 saturated heterocycles. The molecule has 0 saturated carbocycles. The van der Waals surface area contributed by atoms with Crippen LogP contribution in [0.15, 0.2) is 59.0 Å². The molecule has 1 fully saturated rings. The molecule has 0 aliphatic carbocycles. The number of nitrogen functional groups attached to an aromatic ring is 1. The number of carbonyl (C=O) groups is 1. The summed E-state index contributed by atoms with van der Waals surface area (Å²) in [5.74, 6) is 0.916. The summed E-state index contributed by atoms with van der Waals surface area (Å²) in [4.78, 5) is 21.9. The molecule has 3 N–H and O–H groups in total. The lowest BCUT2D eigenvalue weighted by Gasteiger charge is -2.36. The number of aromatic nitrogens is 1. The molecule has 7 nitrogen and oxygen atoms in total. The average molecular weight is 595 g/mol. The summed E-state index contributed by atoms with van der Waals surface area (Å²) in [5, 5.41) is 6.35. The van der Waals surface area contributed by atoms with Gasteiger partial charge in [-0.1, -0.05) is 40.6 Å². The first-order valence-electron chi connectivity index (χ1n) is 13.2. The van der Waals surface area contributed by atoms with Crippen LogP contribution < -0.4 is 16.0 Å². The van der Waals surface area contributed by atoms with Gasteiger partial charge in [-0.15, -0.1) is 0 Å². The maximum absolute atomic E-state index is 13.4. The van der Waals surface area contributed by atoms with Crippen molar-refractivity contribution >= 4 is 72.5 Å². The van der Waals surface area contributed by atoms with E-state index in [9.17, 15) is 4.79 Å². The summed E-state index contributed by atoms with van der Waals surface area (Å²) in [6.45, 7) is 6.16. The molecule has 1 amide bonds. The number of nitrogens with two attached hydrogens (primary N) is 1. The molecule has 0 unspecified atom stereocenters. The van der Waals surface area contributed by atoms with E-state index in [2.05, 4.69) is 33.4 Å². The number of benzene rings is 3. The lowest BCUT2D eigenvalue weighted by atomic mass is 10.0. The van der Waals surface area contributed by atoms with Crippen molar-refractivity contribution in [1.82, 2.24) is 15.2 Å². The molecule has 1 aliphatic heterocycles. The number of nitrogens with one attached hydrogen (secondary N) is 1. The van der Waals surface area contributed by atoms with Gasteiger partial charge in [0.15, 0.2) is 5.13 Å². The van der Waals surface area contributed by atoms with Crippen LogP contribution in [-0.2, 0) is 13.0 Å². The third kappa shape index (κ3) is 5.49. The van der Waals surface area contributed by atoms with Gasteiger partial charge < -0.3 is 25.3 Å². The van der Waals surface area contributed by atoms with Crippen LogP contribution in [0.1, 0.15) is 27.2 Å². The molecule has 40 heavy (non-hydrogen) atoms. The summed E-state index contributed by atoms with van der Waals surface area (Å²) >= 11 is 14.0. The Morgan fingerprint density at radius 1 is 1.07 bits per heavy atom. The van der Waals surface area contributed by atoms with Crippen molar-refractivity contribution in [1.29, 1.82) is 0 Å². The Balaban J connectivity index is 1.09. The quantitative estimate of drug-likeness (QED) is 0.208. The number of thiazole rings is 1. The van der Waals surface area contributed by atoms with Gasteiger partial charge in [-0.2, -0.15) is 0 Å². The predicted molar refractivity (Wildman–Crippen MR) is 165 cm³/mol. The van der Waals surface area contributed by atoms with E-state index in [4.69, 9.17) is 33.4 Å². The maximum atomic E-state index is 13.4. The number of rotatable bonds is 7. The minimum absolute atomic E-state index is 0.0322. The van der Waals surface area contributed by atoms with E-state index in [0.29, 0.717) is 46.9 Å². The summed E-state index contributed by atoms with van der Waals surface area (Å²) in [6.07, 6.45) is 0.795. The number of aryl methyl sites for hydroxylation is 1. The Morgan fingerprint density at radius 3 is 2.70 bits per heavy atom. The molecule has 2 aromatic heterocycles. The molecule has 3 heterocycles. The van der Waals surface area contributed by atoms with Crippen LogP contribution in [-0.4, -0.2) is 48.5 Å². The summed E-state index contributed by atoms with van der Waals surface area (Å²) < 4.78 is 7.12. The highest BCUT2D eigenvalue weighted by atomic mass is 35.5. The fraction of sp³-hybridized carbons (Fsp3) is 0.267. The van der Waals surface area contributed by atoms with Crippen LogP contribution >= 0.6 is 34.5 Å². The minimum Gasteiger partial charge on any atom is -0.461 e. The lowest BCUT2D eigenvalue weighted by Crippen LogP contribution is -2.48. The Labute approximate surface area is 246 Å². The molecular formula is C30H29Cl2N5O2S. The van der Waals surface area contributed by atoms with Crippen molar-refractivity contribution in [2.45, 2.75) is 19.9 Å². The number of fused-ring (bicyclic) bond motifs is 2. The topological polar surface area (TPSA) is 87.6 Å². The fourth-order valence-electron chi connectivity index (χ4n) is 5.33. The second kappa shape index (κ2) is 11.3. The zero-order chi connectivity index (χ0) is 27.8. The number of nitrogens with zero attached hydrogens (tertiary/aromatic N) is 3. The standard InChI is InChI=1S/C30H29Cl2N5O2S/c1-18-22(8-9-34-17-19-2-7-28-25(14-19)35-30(33)40-28)23-15-20(3-6-27(23)39-18)29(38)37-12-10-36(11-13-37)26-5-4-21(31)16-24(26)32/h2-7,14-16,34H,8-13,17H2,1H3,(H2,33,35). The summed E-state index contributed by atoms with van der Waals surface area (Å²) in [5.41, 5.74) is 11.5. The number of hydrogen-bond donors (Lipinski definition) is 2. The fourth-order valence-corrected chi connectivity index (χ4v) is 6.57. The molecule has 1 aliphatic rings. The smallest absolute Gasteiger partial charge is 0.254 e. The van der Waals surface area contributed by atoms with Gasteiger partial charge in [-0.3, -0.25) is 4.79 Å². The first-order chi connectivity index (χ1) is 19.4. The van der Waals surface area contributed by atoms with Gasteiger partial charge in [0, 0.05) is 54.3 Å². The normalized spacial score (nSPS) is 14.0. The molecular weight excluding hydrogens is 565 g/mol. The van der Waals surface area contributed by atoms with E-state index >= 15 is 0 Å². The number of furan rings is 1. The highest BCUT2D eigenvalue weighted by molar-refractivity contribution is 7.22. The number of carbonyl (C=O) groups excluding carboxylic acids is 1. The molecule has 5 aromatic rings. The average Bonchev–Trinajstić information content (AvgIpc) is 3.47. The molecule has 0 spiro atoms. The van der Waals surface area contributed by atoms with E-state index in [1.54, 1.807) is 6.07 Å². The van der Waals surface area contributed by atoms with E-state index in [0.717, 1.165) is 63.3 Å². The van der Waals surface area contributed by atoms with Crippen molar-refractivity contribution in [3.8, 4) is 0 Å². The van der Waals surface area contributed by atoms with Crippen LogP contribution in [0.25, 0.3) is 21.2 Å². The Morgan fingerprint density at radius 2 is 1.90 bits per heavy atom. The molecule has 0 atom stereocenters. The molecule has 0 radical (unpaired) electrons. The van der Waals surface area contributed by atoms with E-state index in [-0.39, 0.29) is 5.91 Å². The third-order valence-corrected chi connectivity index (χ3v) is 8.81. The van der Waals surface area contributed by atoms with Crippen LogP contribution in [0.4, 0.5) is 10.8 Å². The van der Waals surface area contributed by atoms with Crippen molar-refractivity contribution in [3.05, 3.63) is 87.1 Å². The number of hydrogen-bond acceptors (Lipinski definition) is 7. The van der Waals surface area contributed by atoms with Crippen LogP contribution in [0.3, 0.4) is 0 Å². The van der Waals surface area contributed by atoms with Crippen molar-refractivity contribution in [2.75, 3.05) is 43.4 Å². The first kappa shape index (κ1) is 26.9. The zero-order valence-electron chi connectivity index (χ0n) is 22.0. The number of halogens is 2. The second-order valence-corrected chi connectivity index (χ2v) is 11.9. The molecule has 6 rings (SSSR count). The van der Waals surface area contributed by atoms with Crippen LogP contribution in [0.2, 0.25) is 10.0 Å². The van der Waals surface area contributed by atoms with Crippen LogP contribution in [0.5, 0.6) is 0 Å². The molecule has 10 heteroatoms. The van der Waals surface area contributed by atoms with Gasteiger partial charge in [0.25, 0.3) is 5.91 Å². The van der Waals surface area contributed by atoms with Gasteiger partial charge in [-0.25, -0.2) is 4.98 Å². The number of piperazine rings is 1. The van der Waals surface area contributed by atoms with Gasteiger partial charge >= 0.3 is 0 Å². The van der Waals surface area contributed by atoms with Gasteiger partial charge in [0.05, 0.1) is 20.9 Å². The SMILES string of the molecule is Cc1oc2ccc(C(=O)N3CCN(c4ccc(Cl)cc4Cl)CC3)cc2c1CCNCc1ccc2sc(N)nc2c1. The third-order valence-electron chi connectivity index (χ3n) is 7.41. The lowest BCUT2D eigenvalue weighted by molar-refractivity contribution is 0.0747. The van der Waals surface area contributed by atoms with E-state index in [1.165, 1.54) is 11.3 Å². The first-order valence-corrected chi connectivity index (χ1v) is 14.8. The van der Waals surface area contributed by atoms with E-state index in [1.807, 2.05) is 42.2 Å². The Kier molecular flexibility index (Phi) is 7.59. The number of anilines is 2. The van der Waals surface area contributed by atoms with Crippen molar-refractivity contribution < 1.29 is 9.21 Å². The highest BCUT2D eigenvalue weighted by Crippen LogP contribution is 2.31.